The van der Waals surface area contributed by atoms with Gasteiger partial charge in [0.15, 0.2) is 0 Å². The quantitative estimate of drug-likeness (QED) is 0.550. The average molecular weight is 138 g/mol. The van der Waals surface area contributed by atoms with E-state index in [1.807, 2.05) is 0 Å². The zero-order chi connectivity index (χ0) is 7.35. The van der Waals surface area contributed by atoms with Crippen molar-refractivity contribution in [3.63, 3.8) is 0 Å². The standard InChI is InChI=1S/C10H18/c1-4-5-8-6-9-7(2)10(8,9)3/h7-9H,4-6H2,1-3H3. The third-order valence-corrected chi connectivity index (χ3v) is 4.33. The first-order chi connectivity index (χ1) is 4.71. The average Bonchev–Trinajstić information content (AvgIpc) is 2.31. The molecular formula is C10H18. The van der Waals surface area contributed by atoms with Gasteiger partial charge in [0, 0.05) is 0 Å². The number of hydrogen-bond acceptors (Lipinski definition) is 0. The Labute approximate surface area is 64.0 Å². The van der Waals surface area contributed by atoms with Crippen LogP contribution in [0.5, 0.6) is 0 Å². The zero-order valence-electron chi connectivity index (χ0n) is 7.35. The van der Waals surface area contributed by atoms with Crippen LogP contribution in [0.15, 0.2) is 0 Å². The Balaban J connectivity index is 1.94. The number of hydrogen-bond donors (Lipinski definition) is 0. The molecule has 0 spiro atoms. The van der Waals surface area contributed by atoms with Gasteiger partial charge in [0.2, 0.25) is 0 Å². The zero-order valence-corrected chi connectivity index (χ0v) is 7.35. The molecule has 0 aliphatic heterocycles. The van der Waals surface area contributed by atoms with Crippen molar-refractivity contribution in [1.82, 2.24) is 0 Å². The summed E-state index contributed by atoms with van der Waals surface area (Å²) >= 11 is 0. The van der Waals surface area contributed by atoms with E-state index in [0.29, 0.717) is 0 Å². The molecule has 0 bridgehead atoms. The fourth-order valence-electron chi connectivity index (χ4n) is 3.17. The van der Waals surface area contributed by atoms with Crippen LogP contribution in [0.1, 0.15) is 40.0 Å². The van der Waals surface area contributed by atoms with Gasteiger partial charge in [0.05, 0.1) is 0 Å². The Morgan fingerprint density at radius 1 is 1.50 bits per heavy atom. The van der Waals surface area contributed by atoms with Crippen molar-refractivity contribution in [2.75, 3.05) is 0 Å². The maximum atomic E-state index is 2.49. The second-order valence-corrected chi connectivity index (χ2v) is 4.48. The topological polar surface area (TPSA) is 0 Å². The van der Waals surface area contributed by atoms with Crippen molar-refractivity contribution in [1.29, 1.82) is 0 Å². The highest BCUT2D eigenvalue weighted by Gasteiger charge is 2.69. The molecule has 58 valence electrons. The van der Waals surface area contributed by atoms with Crippen molar-refractivity contribution < 1.29 is 0 Å². The Morgan fingerprint density at radius 3 is 2.50 bits per heavy atom. The number of fused-ring (bicyclic) bond motifs is 1. The van der Waals surface area contributed by atoms with Crippen LogP contribution >= 0.6 is 0 Å². The summed E-state index contributed by atoms with van der Waals surface area (Å²) in [4.78, 5) is 0. The van der Waals surface area contributed by atoms with Crippen molar-refractivity contribution in [3.8, 4) is 0 Å². The van der Waals surface area contributed by atoms with E-state index >= 15 is 0 Å². The minimum atomic E-state index is 0.815. The lowest BCUT2D eigenvalue weighted by Crippen LogP contribution is -2.25. The molecule has 4 atom stereocenters. The van der Waals surface area contributed by atoms with Gasteiger partial charge in [-0.15, -0.1) is 0 Å². The Kier molecular flexibility index (Phi) is 1.19. The lowest BCUT2D eigenvalue weighted by Gasteiger charge is -2.33. The molecule has 2 saturated carbocycles. The van der Waals surface area contributed by atoms with E-state index < -0.39 is 0 Å². The lowest BCUT2D eigenvalue weighted by atomic mass is 9.72. The molecule has 0 amide bonds. The summed E-state index contributed by atoms with van der Waals surface area (Å²) in [7, 11) is 0. The summed E-state index contributed by atoms with van der Waals surface area (Å²) in [5.41, 5.74) is 0.815. The molecule has 0 heterocycles. The second-order valence-electron chi connectivity index (χ2n) is 4.48. The van der Waals surface area contributed by atoms with Crippen molar-refractivity contribution in [2.45, 2.75) is 40.0 Å². The molecule has 0 aromatic carbocycles. The largest absolute Gasteiger partial charge is 0.0654 e. The molecule has 2 aliphatic carbocycles. The van der Waals surface area contributed by atoms with Gasteiger partial charge >= 0.3 is 0 Å². The Bertz CT molecular complexity index is 142. The van der Waals surface area contributed by atoms with E-state index in [1.165, 1.54) is 12.8 Å². The van der Waals surface area contributed by atoms with Gasteiger partial charge in [-0.1, -0.05) is 33.6 Å². The maximum Gasteiger partial charge on any atom is -0.0238 e. The van der Waals surface area contributed by atoms with Crippen LogP contribution in [0.4, 0.5) is 0 Å². The van der Waals surface area contributed by atoms with Crippen LogP contribution < -0.4 is 0 Å². The molecule has 4 unspecified atom stereocenters. The van der Waals surface area contributed by atoms with E-state index in [4.69, 9.17) is 0 Å². The van der Waals surface area contributed by atoms with E-state index in [1.54, 1.807) is 6.42 Å². The fourth-order valence-corrected chi connectivity index (χ4v) is 3.17. The second kappa shape index (κ2) is 1.78. The van der Waals surface area contributed by atoms with Crippen molar-refractivity contribution >= 4 is 0 Å². The predicted molar refractivity (Wildman–Crippen MR) is 43.8 cm³/mol. The Hall–Kier alpha value is 0. The normalized spacial score (nSPS) is 57.3. The molecule has 0 aromatic heterocycles. The molecular weight excluding hydrogens is 120 g/mol. The van der Waals surface area contributed by atoms with Crippen LogP contribution in [-0.2, 0) is 0 Å². The van der Waals surface area contributed by atoms with Gasteiger partial charge in [-0.3, -0.25) is 0 Å². The molecule has 2 fully saturated rings. The first-order valence-corrected chi connectivity index (χ1v) is 4.71. The van der Waals surface area contributed by atoms with E-state index in [-0.39, 0.29) is 0 Å². The first-order valence-electron chi connectivity index (χ1n) is 4.71. The van der Waals surface area contributed by atoms with Gasteiger partial charge in [-0.25, -0.2) is 0 Å². The summed E-state index contributed by atoms with van der Waals surface area (Å²) in [6, 6.07) is 0. The molecule has 0 N–H and O–H groups in total. The van der Waals surface area contributed by atoms with Crippen LogP contribution in [0.25, 0.3) is 0 Å². The van der Waals surface area contributed by atoms with E-state index in [0.717, 1.165) is 23.2 Å². The Morgan fingerprint density at radius 2 is 2.20 bits per heavy atom. The highest BCUT2D eigenvalue weighted by atomic mass is 14.7. The molecule has 0 radical (unpaired) electrons. The van der Waals surface area contributed by atoms with E-state index in [9.17, 15) is 0 Å². The third-order valence-electron chi connectivity index (χ3n) is 4.33. The van der Waals surface area contributed by atoms with Crippen LogP contribution in [0.2, 0.25) is 0 Å². The predicted octanol–water partition coefficient (Wildman–Crippen LogP) is 3.08. The van der Waals surface area contributed by atoms with Gasteiger partial charge in [0.1, 0.15) is 0 Å². The first kappa shape index (κ1) is 6.69. The molecule has 2 rings (SSSR count). The molecule has 0 heteroatoms. The minimum Gasteiger partial charge on any atom is -0.0654 e. The van der Waals surface area contributed by atoms with Gasteiger partial charge in [-0.2, -0.15) is 0 Å². The molecule has 2 aliphatic rings. The van der Waals surface area contributed by atoms with Crippen molar-refractivity contribution in [2.24, 2.45) is 23.2 Å². The van der Waals surface area contributed by atoms with Crippen molar-refractivity contribution in [3.05, 3.63) is 0 Å². The van der Waals surface area contributed by atoms with Crippen LogP contribution in [0, 0.1) is 23.2 Å². The highest BCUT2D eigenvalue weighted by molar-refractivity contribution is 5.17. The minimum absolute atomic E-state index is 0.815. The summed E-state index contributed by atoms with van der Waals surface area (Å²) in [5, 5.41) is 0. The molecule has 0 aromatic rings. The summed E-state index contributed by atoms with van der Waals surface area (Å²) in [6.45, 7) is 7.23. The van der Waals surface area contributed by atoms with Gasteiger partial charge in [-0.05, 0) is 29.6 Å². The highest BCUT2D eigenvalue weighted by Crippen LogP contribution is 2.75. The number of rotatable bonds is 2. The molecule has 0 nitrogen and oxygen atoms in total. The summed E-state index contributed by atoms with van der Waals surface area (Å²) in [6.07, 6.45) is 4.42. The van der Waals surface area contributed by atoms with Crippen LogP contribution in [-0.4, -0.2) is 0 Å². The van der Waals surface area contributed by atoms with Crippen LogP contribution in [0.3, 0.4) is 0 Å². The smallest absolute Gasteiger partial charge is 0.0238 e. The lowest BCUT2D eigenvalue weighted by molar-refractivity contribution is 0.162. The monoisotopic (exact) mass is 138 g/mol. The summed E-state index contributed by atoms with van der Waals surface area (Å²) in [5.74, 6) is 3.28. The third kappa shape index (κ3) is 0.538. The summed E-state index contributed by atoms with van der Waals surface area (Å²) < 4.78 is 0. The molecule has 10 heavy (non-hydrogen) atoms. The maximum absolute atomic E-state index is 2.49. The van der Waals surface area contributed by atoms with E-state index in [2.05, 4.69) is 20.8 Å². The van der Waals surface area contributed by atoms with Gasteiger partial charge in [0.25, 0.3) is 0 Å². The SMILES string of the molecule is CCCC1CC2C(C)C12C. The van der Waals surface area contributed by atoms with Gasteiger partial charge < -0.3 is 0 Å². The molecule has 0 saturated heterocycles. The fraction of sp³-hybridized carbons (Fsp3) is 1.00.